The maximum absolute atomic E-state index is 12.6. The molecule has 0 heterocycles. The van der Waals surface area contributed by atoms with Crippen molar-refractivity contribution in [3.05, 3.63) is 76.8 Å². The number of amides is 1. The molecule has 140 valence electrons. The first-order valence-corrected chi connectivity index (χ1v) is 9.33. The van der Waals surface area contributed by atoms with Crippen molar-refractivity contribution in [1.29, 1.82) is 5.26 Å². The molecule has 4 nitrogen and oxygen atoms in total. The summed E-state index contributed by atoms with van der Waals surface area (Å²) < 4.78 is 5.85. The molecule has 0 aromatic heterocycles. The minimum absolute atomic E-state index is 0.0160. The van der Waals surface area contributed by atoms with Gasteiger partial charge in [0.15, 0.2) is 0 Å². The number of nitrogens with one attached hydrogen (secondary N) is 1. The Hall–Kier alpha value is -3.29. The molecule has 3 aromatic carbocycles. The zero-order valence-electron chi connectivity index (χ0n) is 15.4. The Morgan fingerprint density at radius 2 is 2.00 bits per heavy atom. The van der Waals surface area contributed by atoms with Crippen LogP contribution in [-0.4, -0.2) is 12.5 Å². The highest BCUT2D eigenvalue weighted by atomic mass is 35.5. The number of ether oxygens (including phenoxy) is 1. The number of rotatable bonds is 6. The van der Waals surface area contributed by atoms with Crippen molar-refractivity contribution in [2.24, 2.45) is 0 Å². The first-order valence-electron chi connectivity index (χ1n) is 8.95. The van der Waals surface area contributed by atoms with Gasteiger partial charge in [0.25, 0.3) is 5.91 Å². The van der Waals surface area contributed by atoms with Gasteiger partial charge in [-0.3, -0.25) is 4.79 Å². The number of carbonyl (C=O) groups is 1. The third kappa shape index (κ3) is 4.51. The van der Waals surface area contributed by atoms with Crippen molar-refractivity contribution in [1.82, 2.24) is 0 Å². The van der Waals surface area contributed by atoms with E-state index in [0.717, 1.165) is 17.2 Å². The lowest BCUT2D eigenvalue weighted by atomic mass is 10.0. The number of halogens is 1. The van der Waals surface area contributed by atoms with Crippen LogP contribution >= 0.6 is 11.6 Å². The third-order valence-electron chi connectivity index (χ3n) is 4.13. The van der Waals surface area contributed by atoms with Crippen molar-refractivity contribution in [3.8, 4) is 11.8 Å². The molecule has 0 aliphatic heterocycles. The Morgan fingerprint density at radius 3 is 2.75 bits per heavy atom. The maximum Gasteiger partial charge on any atom is 0.266 e. The molecule has 0 saturated heterocycles. The highest BCUT2D eigenvalue weighted by Gasteiger charge is 2.14. The molecule has 0 saturated carbocycles. The number of nitriles is 1. The van der Waals surface area contributed by atoms with Gasteiger partial charge in [0, 0.05) is 16.3 Å². The number of nitrogens with zero attached hydrogens (tertiary/aromatic N) is 1. The molecule has 0 aliphatic rings. The Morgan fingerprint density at radius 1 is 1.18 bits per heavy atom. The molecule has 0 unspecified atom stereocenters. The second-order valence-electron chi connectivity index (χ2n) is 6.18. The van der Waals surface area contributed by atoms with Crippen molar-refractivity contribution in [3.63, 3.8) is 0 Å². The largest absolute Gasteiger partial charge is 0.493 e. The number of fused-ring (bicyclic) bond motifs is 1. The second-order valence-corrected chi connectivity index (χ2v) is 6.62. The molecule has 0 aliphatic carbocycles. The molecule has 5 heteroatoms. The van der Waals surface area contributed by atoms with Gasteiger partial charge in [-0.05, 0) is 47.5 Å². The number of carbonyl (C=O) groups excluding carboxylic acids is 1. The molecule has 0 radical (unpaired) electrons. The fraction of sp³-hybridized carbons (Fsp3) is 0.130. The van der Waals surface area contributed by atoms with Crippen molar-refractivity contribution >= 4 is 40.0 Å². The van der Waals surface area contributed by atoms with E-state index in [1.165, 1.54) is 0 Å². The fourth-order valence-electron chi connectivity index (χ4n) is 2.82. The highest BCUT2D eigenvalue weighted by Crippen LogP contribution is 2.30. The monoisotopic (exact) mass is 390 g/mol. The molecule has 0 spiro atoms. The standard InChI is InChI=1S/C23H19ClN2O2/c1-2-12-28-22-11-10-16-6-3-4-9-20(16)21(22)13-17(15-25)23(27)26-19-8-5-7-18(24)14-19/h3-11,13-14H,2,12H2,1H3,(H,26,27)/b17-13+. The van der Waals surface area contributed by atoms with Crippen LogP contribution in [0, 0.1) is 11.3 Å². The lowest BCUT2D eigenvalue weighted by Gasteiger charge is -2.12. The molecular weight excluding hydrogens is 372 g/mol. The summed E-state index contributed by atoms with van der Waals surface area (Å²) in [6.45, 7) is 2.57. The lowest BCUT2D eigenvalue weighted by Crippen LogP contribution is -2.13. The lowest BCUT2D eigenvalue weighted by molar-refractivity contribution is -0.112. The van der Waals surface area contributed by atoms with E-state index >= 15 is 0 Å². The van der Waals surface area contributed by atoms with Gasteiger partial charge in [-0.1, -0.05) is 54.9 Å². The normalized spacial score (nSPS) is 11.1. The maximum atomic E-state index is 12.6. The zero-order chi connectivity index (χ0) is 19.9. The minimum atomic E-state index is -0.501. The quantitative estimate of drug-likeness (QED) is 0.425. The molecular formula is C23H19ClN2O2. The van der Waals surface area contributed by atoms with Crippen LogP contribution in [0.25, 0.3) is 16.8 Å². The first-order chi connectivity index (χ1) is 13.6. The summed E-state index contributed by atoms with van der Waals surface area (Å²) >= 11 is 5.96. The van der Waals surface area contributed by atoms with Crippen LogP contribution in [0.5, 0.6) is 5.75 Å². The van der Waals surface area contributed by atoms with Gasteiger partial charge >= 0.3 is 0 Å². The molecule has 0 atom stereocenters. The van der Waals surface area contributed by atoms with Gasteiger partial charge < -0.3 is 10.1 Å². The molecule has 0 fully saturated rings. The number of hydrogen-bond donors (Lipinski definition) is 1. The molecule has 1 N–H and O–H groups in total. The van der Waals surface area contributed by atoms with E-state index in [1.54, 1.807) is 30.3 Å². The molecule has 28 heavy (non-hydrogen) atoms. The van der Waals surface area contributed by atoms with Gasteiger partial charge in [-0.15, -0.1) is 0 Å². The second kappa shape index (κ2) is 9.07. The van der Waals surface area contributed by atoms with Gasteiger partial charge in [0.05, 0.1) is 6.61 Å². The van der Waals surface area contributed by atoms with E-state index in [0.29, 0.717) is 28.6 Å². The summed E-state index contributed by atoms with van der Waals surface area (Å²) in [5, 5.41) is 14.7. The summed E-state index contributed by atoms with van der Waals surface area (Å²) in [5.41, 5.74) is 1.22. The molecule has 0 bridgehead atoms. The third-order valence-corrected chi connectivity index (χ3v) is 4.36. The van der Waals surface area contributed by atoms with E-state index in [1.807, 2.05) is 49.4 Å². The van der Waals surface area contributed by atoms with Gasteiger partial charge in [0.2, 0.25) is 0 Å². The average Bonchev–Trinajstić information content (AvgIpc) is 2.70. The van der Waals surface area contributed by atoms with E-state index in [2.05, 4.69) is 5.32 Å². The van der Waals surface area contributed by atoms with E-state index in [-0.39, 0.29) is 5.57 Å². The van der Waals surface area contributed by atoms with Crippen LogP contribution in [0.1, 0.15) is 18.9 Å². The van der Waals surface area contributed by atoms with E-state index < -0.39 is 5.91 Å². The highest BCUT2D eigenvalue weighted by molar-refractivity contribution is 6.31. The predicted molar refractivity (Wildman–Crippen MR) is 113 cm³/mol. The van der Waals surface area contributed by atoms with Crippen molar-refractivity contribution < 1.29 is 9.53 Å². The fourth-order valence-corrected chi connectivity index (χ4v) is 3.01. The zero-order valence-corrected chi connectivity index (χ0v) is 16.2. The summed E-state index contributed by atoms with van der Waals surface area (Å²) in [4.78, 5) is 12.6. The summed E-state index contributed by atoms with van der Waals surface area (Å²) in [6, 6.07) is 20.4. The van der Waals surface area contributed by atoms with Crippen LogP contribution in [-0.2, 0) is 4.79 Å². The predicted octanol–water partition coefficient (Wildman–Crippen LogP) is 5.83. The van der Waals surface area contributed by atoms with Crippen LogP contribution in [0.4, 0.5) is 5.69 Å². The van der Waals surface area contributed by atoms with Crippen LogP contribution in [0.15, 0.2) is 66.2 Å². The van der Waals surface area contributed by atoms with Crippen molar-refractivity contribution in [2.75, 3.05) is 11.9 Å². The topological polar surface area (TPSA) is 62.1 Å². The van der Waals surface area contributed by atoms with Crippen LogP contribution in [0.3, 0.4) is 0 Å². The number of benzene rings is 3. The Labute approximate surface area is 169 Å². The molecule has 3 rings (SSSR count). The number of hydrogen-bond acceptors (Lipinski definition) is 3. The Bertz CT molecular complexity index is 1080. The van der Waals surface area contributed by atoms with Gasteiger partial charge in [-0.2, -0.15) is 5.26 Å². The summed E-state index contributed by atoms with van der Waals surface area (Å²) in [5.74, 6) is 0.142. The summed E-state index contributed by atoms with van der Waals surface area (Å²) in [6.07, 6.45) is 2.43. The van der Waals surface area contributed by atoms with Gasteiger partial charge in [0.1, 0.15) is 17.4 Å². The molecule has 1 amide bonds. The van der Waals surface area contributed by atoms with Crippen LogP contribution in [0.2, 0.25) is 5.02 Å². The van der Waals surface area contributed by atoms with Crippen molar-refractivity contribution in [2.45, 2.75) is 13.3 Å². The van der Waals surface area contributed by atoms with E-state index in [9.17, 15) is 10.1 Å². The average molecular weight is 391 g/mol. The Kier molecular flexibility index (Phi) is 6.31. The van der Waals surface area contributed by atoms with Crippen LogP contribution < -0.4 is 10.1 Å². The smallest absolute Gasteiger partial charge is 0.266 e. The SMILES string of the molecule is CCCOc1ccc2ccccc2c1/C=C(\C#N)C(=O)Nc1cccc(Cl)c1. The van der Waals surface area contributed by atoms with E-state index in [4.69, 9.17) is 16.3 Å². The van der Waals surface area contributed by atoms with Gasteiger partial charge in [-0.25, -0.2) is 0 Å². The Balaban J connectivity index is 2.02. The minimum Gasteiger partial charge on any atom is -0.493 e. The first kappa shape index (κ1) is 19.5. The number of anilines is 1. The summed E-state index contributed by atoms with van der Waals surface area (Å²) in [7, 11) is 0. The molecule has 3 aromatic rings.